The van der Waals surface area contributed by atoms with Crippen LogP contribution in [0.15, 0.2) is 46.3 Å². The molecule has 0 bridgehead atoms. The number of carbonyl (C=O) groups is 1. The number of hydrogen-bond donors (Lipinski definition) is 3. The molecule has 29 heavy (non-hydrogen) atoms. The number of rotatable bonds is 9. The molecule has 0 fully saturated rings. The normalized spacial score (nSPS) is 12.1. The minimum absolute atomic E-state index is 0.0142. The number of aromatic nitrogens is 1. The number of sulfonamides is 2. The van der Waals surface area contributed by atoms with Crippen LogP contribution in [-0.2, 0) is 20.0 Å². The van der Waals surface area contributed by atoms with Crippen LogP contribution < -0.4 is 10.3 Å². The molecule has 2 aromatic rings. The second kappa shape index (κ2) is 8.86. The lowest BCUT2D eigenvalue weighted by Gasteiger charge is -2.18. The SMILES string of the molecule is CCN(CC)S(=O)(=O)c1ccc(NNS(=O)(=O)c2cc(C(=O)O)ccc2C)nc1. The van der Waals surface area contributed by atoms with Crippen molar-refractivity contribution in [1.82, 2.24) is 14.1 Å². The standard InChI is InChI=1S/C17H22N4O6S2/c1-4-21(5-2)29(26,27)14-8-9-16(18-11-14)19-20-28(24,25)15-10-13(17(22)23)7-6-12(15)3/h6-11,20H,4-5H2,1-3H3,(H,18,19)(H,22,23). The van der Waals surface area contributed by atoms with E-state index in [0.717, 1.165) is 12.3 Å². The molecule has 0 aliphatic heterocycles. The Morgan fingerprint density at radius 3 is 2.28 bits per heavy atom. The van der Waals surface area contributed by atoms with Gasteiger partial charge < -0.3 is 5.11 Å². The summed E-state index contributed by atoms with van der Waals surface area (Å²) in [5, 5.41) is 9.05. The molecule has 0 saturated carbocycles. The Bertz CT molecular complexity index is 1100. The molecule has 12 heteroatoms. The Morgan fingerprint density at radius 2 is 1.76 bits per heavy atom. The lowest BCUT2D eigenvalue weighted by atomic mass is 10.1. The number of aryl methyl sites for hydroxylation is 1. The number of pyridine rings is 1. The van der Waals surface area contributed by atoms with Gasteiger partial charge in [-0.3, -0.25) is 5.43 Å². The highest BCUT2D eigenvalue weighted by atomic mass is 32.2. The van der Waals surface area contributed by atoms with Crippen LogP contribution >= 0.6 is 0 Å². The molecule has 0 amide bonds. The summed E-state index contributed by atoms with van der Waals surface area (Å²) in [6.45, 7) is 5.60. The predicted octanol–water partition coefficient (Wildman–Crippen LogP) is 1.42. The van der Waals surface area contributed by atoms with Crippen LogP contribution in [0.5, 0.6) is 0 Å². The van der Waals surface area contributed by atoms with Gasteiger partial charge in [0.15, 0.2) is 0 Å². The minimum Gasteiger partial charge on any atom is -0.478 e. The molecule has 0 atom stereocenters. The number of nitrogens with one attached hydrogen (secondary N) is 2. The molecule has 10 nitrogen and oxygen atoms in total. The van der Waals surface area contributed by atoms with Crippen LogP contribution in [0, 0.1) is 6.92 Å². The Morgan fingerprint density at radius 1 is 1.10 bits per heavy atom. The van der Waals surface area contributed by atoms with Crippen LogP contribution in [0.25, 0.3) is 0 Å². The van der Waals surface area contributed by atoms with Gasteiger partial charge in [0.2, 0.25) is 10.0 Å². The Kier molecular flexibility index (Phi) is 6.95. The third-order valence-corrected chi connectivity index (χ3v) is 7.54. The highest BCUT2D eigenvalue weighted by Crippen LogP contribution is 2.18. The quantitative estimate of drug-likeness (QED) is 0.494. The van der Waals surface area contributed by atoms with E-state index >= 15 is 0 Å². The highest BCUT2D eigenvalue weighted by molar-refractivity contribution is 7.89. The third-order valence-electron chi connectivity index (χ3n) is 4.12. The van der Waals surface area contributed by atoms with Crippen molar-refractivity contribution in [3.63, 3.8) is 0 Å². The van der Waals surface area contributed by atoms with Crippen molar-refractivity contribution in [2.24, 2.45) is 0 Å². The summed E-state index contributed by atoms with van der Waals surface area (Å²) in [6.07, 6.45) is 1.13. The Balaban J connectivity index is 2.20. The van der Waals surface area contributed by atoms with E-state index in [0.29, 0.717) is 18.7 Å². The van der Waals surface area contributed by atoms with Crippen molar-refractivity contribution in [2.75, 3.05) is 18.5 Å². The maximum atomic E-state index is 12.5. The zero-order valence-corrected chi connectivity index (χ0v) is 17.7. The number of nitrogens with zero attached hydrogens (tertiary/aromatic N) is 2. The smallest absolute Gasteiger partial charge is 0.335 e. The first-order valence-corrected chi connectivity index (χ1v) is 11.5. The number of benzene rings is 1. The molecule has 0 spiro atoms. The summed E-state index contributed by atoms with van der Waals surface area (Å²) >= 11 is 0. The Labute approximate surface area is 169 Å². The summed E-state index contributed by atoms with van der Waals surface area (Å²) < 4.78 is 51.1. The van der Waals surface area contributed by atoms with Gasteiger partial charge in [0.05, 0.1) is 10.5 Å². The molecule has 0 unspecified atom stereocenters. The fourth-order valence-corrected chi connectivity index (χ4v) is 5.04. The molecule has 1 heterocycles. The zero-order chi connectivity index (χ0) is 21.8. The Hall–Kier alpha value is -2.54. The largest absolute Gasteiger partial charge is 0.478 e. The second-order valence-corrected chi connectivity index (χ2v) is 9.57. The van der Waals surface area contributed by atoms with E-state index < -0.39 is 26.0 Å². The van der Waals surface area contributed by atoms with E-state index in [1.165, 1.54) is 35.5 Å². The molecule has 1 aromatic carbocycles. The van der Waals surface area contributed by atoms with Crippen LogP contribution in [0.4, 0.5) is 5.82 Å². The monoisotopic (exact) mass is 442 g/mol. The highest BCUT2D eigenvalue weighted by Gasteiger charge is 2.22. The van der Waals surface area contributed by atoms with Crippen LogP contribution in [-0.4, -0.2) is 50.3 Å². The van der Waals surface area contributed by atoms with Crippen molar-refractivity contribution < 1.29 is 26.7 Å². The zero-order valence-electron chi connectivity index (χ0n) is 16.1. The molecule has 3 N–H and O–H groups in total. The summed E-state index contributed by atoms with van der Waals surface area (Å²) in [5.74, 6) is -1.18. The van der Waals surface area contributed by atoms with E-state index in [4.69, 9.17) is 5.11 Å². The van der Waals surface area contributed by atoms with Crippen molar-refractivity contribution in [1.29, 1.82) is 0 Å². The first-order chi connectivity index (χ1) is 13.5. The minimum atomic E-state index is -4.10. The summed E-state index contributed by atoms with van der Waals surface area (Å²) in [7, 11) is -7.77. The van der Waals surface area contributed by atoms with Crippen molar-refractivity contribution >= 4 is 31.8 Å². The van der Waals surface area contributed by atoms with Crippen molar-refractivity contribution in [3.05, 3.63) is 47.7 Å². The number of carboxylic acids is 1. The van der Waals surface area contributed by atoms with E-state index in [-0.39, 0.29) is 21.2 Å². The average molecular weight is 443 g/mol. The van der Waals surface area contributed by atoms with Gasteiger partial charge in [0.25, 0.3) is 10.0 Å². The number of hydrazine groups is 1. The lowest BCUT2D eigenvalue weighted by Crippen LogP contribution is -2.31. The van der Waals surface area contributed by atoms with Crippen LogP contribution in [0.2, 0.25) is 0 Å². The molecule has 0 aliphatic rings. The number of carboxylic acid groups (broad SMARTS) is 1. The second-order valence-electron chi connectivity index (χ2n) is 5.98. The van der Waals surface area contributed by atoms with Gasteiger partial charge in [-0.1, -0.05) is 19.9 Å². The molecule has 1 aromatic heterocycles. The lowest BCUT2D eigenvalue weighted by molar-refractivity contribution is 0.0696. The summed E-state index contributed by atoms with van der Waals surface area (Å²) in [4.78, 5) is 16.9. The van der Waals surface area contributed by atoms with Gasteiger partial charge in [0, 0.05) is 19.3 Å². The van der Waals surface area contributed by atoms with E-state index in [1.807, 2.05) is 0 Å². The molecular weight excluding hydrogens is 420 g/mol. The third kappa shape index (κ3) is 5.09. The van der Waals surface area contributed by atoms with Crippen LogP contribution in [0.3, 0.4) is 0 Å². The molecular formula is C17H22N4O6S2. The number of hydrogen-bond acceptors (Lipinski definition) is 7. The number of anilines is 1. The number of aromatic carboxylic acids is 1. The molecule has 0 saturated heterocycles. The van der Waals surface area contributed by atoms with Gasteiger partial charge in [-0.2, -0.15) is 4.31 Å². The fourth-order valence-electron chi connectivity index (χ4n) is 2.52. The van der Waals surface area contributed by atoms with Gasteiger partial charge in [0.1, 0.15) is 10.7 Å². The topological polar surface area (TPSA) is 146 Å². The average Bonchev–Trinajstić information content (AvgIpc) is 2.67. The van der Waals surface area contributed by atoms with E-state index in [2.05, 4.69) is 15.2 Å². The van der Waals surface area contributed by atoms with Crippen molar-refractivity contribution in [2.45, 2.75) is 30.6 Å². The molecule has 2 rings (SSSR count). The van der Waals surface area contributed by atoms with Gasteiger partial charge in [-0.25, -0.2) is 26.6 Å². The van der Waals surface area contributed by atoms with Gasteiger partial charge >= 0.3 is 5.97 Å². The molecule has 0 aliphatic carbocycles. The first kappa shape index (κ1) is 22.7. The summed E-state index contributed by atoms with van der Waals surface area (Å²) in [6, 6.07) is 6.38. The molecule has 158 valence electrons. The van der Waals surface area contributed by atoms with Gasteiger partial charge in [-0.05, 0) is 36.8 Å². The predicted molar refractivity (Wildman–Crippen MR) is 106 cm³/mol. The maximum Gasteiger partial charge on any atom is 0.335 e. The van der Waals surface area contributed by atoms with E-state index in [1.54, 1.807) is 13.8 Å². The summed E-state index contributed by atoms with van der Waals surface area (Å²) in [5.41, 5.74) is 2.58. The van der Waals surface area contributed by atoms with Gasteiger partial charge in [-0.15, -0.1) is 4.83 Å². The maximum absolute atomic E-state index is 12.5. The fraction of sp³-hybridized carbons (Fsp3) is 0.294. The van der Waals surface area contributed by atoms with Crippen molar-refractivity contribution in [3.8, 4) is 0 Å². The first-order valence-electron chi connectivity index (χ1n) is 8.61. The van der Waals surface area contributed by atoms with E-state index in [9.17, 15) is 21.6 Å². The molecule has 0 radical (unpaired) electrons. The van der Waals surface area contributed by atoms with Crippen LogP contribution in [0.1, 0.15) is 29.8 Å².